The third-order valence-corrected chi connectivity index (χ3v) is 1.97. The Bertz CT molecular complexity index is 274. The molecule has 1 N–H and O–H groups in total. The fourth-order valence-corrected chi connectivity index (χ4v) is 1.17. The van der Waals surface area contributed by atoms with Gasteiger partial charge in [-0.15, -0.1) is 0 Å². The lowest BCUT2D eigenvalue weighted by atomic mass is 10.1. The van der Waals surface area contributed by atoms with Gasteiger partial charge in [-0.25, -0.2) is 4.39 Å². The molecule has 84 valence electrons. The van der Waals surface area contributed by atoms with E-state index in [-0.39, 0.29) is 6.79 Å². The van der Waals surface area contributed by atoms with Crippen molar-refractivity contribution in [3.63, 3.8) is 0 Å². The number of aliphatic hydroxyl groups is 1. The second kappa shape index (κ2) is 6.50. The maximum Gasteiger partial charge on any atom is 0.148 e. The molecule has 0 fully saturated rings. The molecule has 0 radical (unpaired) electrons. The van der Waals surface area contributed by atoms with Crippen LogP contribution in [0, 0.1) is 0 Å². The first kappa shape index (κ1) is 12.1. The molecular weight excluding hydrogens is 199 g/mol. The summed E-state index contributed by atoms with van der Waals surface area (Å²) >= 11 is 0. The second-order valence-corrected chi connectivity index (χ2v) is 3.15. The minimum Gasteiger partial charge on any atom is -0.393 e. The number of alkyl halides is 1. The van der Waals surface area contributed by atoms with Crippen LogP contribution in [0.3, 0.4) is 0 Å². The van der Waals surface area contributed by atoms with Crippen molar-refractivity contribution in [2.45, 2.75) is 12.8 Å². The number of halogens is 1. The highest BCUT2D eigenvalue weighted by molar-refractivity contribution is 5.23. The summed E-state index contributed by atoms with van der Waals surface area (Å²) in [6.45, 7) is 0.188. The fraction of sp³-hybridized carbons (Fsp3) is 0.455. The minimum atomic E-state index is -1.31. The summed E-state index contributed by atoms with van der Waals surface area (Å²) in [5, 5.41) is 8.61. The number of hydrogen-bond donors (Lipinski definition) is 1. The van der Waals surface area contributed by atoms with Crippen LogP contribution in [-0.4, -0.2) is 25.6 Å². The Morgan fingerprint density at radius 3 is 2.53 bits per heavy atom. The largest absolute Gasteiger partial charge is 0.393 e. The molecule has 0 heterocycles. The van der Waals surface area contributed by atoms with Crippen LogP contribution in [-0.2, 0) is 16.1 Å². The summed E-state index contributed by atoms with van der Waals surface area (Å²) < 4.78 is 22.9. The van der Waals surface area contributed by atoms with Gasteiger partial charge in [-0.3, -0.25) is 0 Å². The molecule has 0 saturated heterocycles. The van der Waals surface area contributed by atoms with Gasteiger partial charge in [0.15, 0.2) is 0 Å². The summed E-state index contributed by atoms with van der Waals surface area (Å²) in [5.41, 5.74) is 1.42. The highest BCUT2D eigenvalue weighted by Crippen LogP contribution is 2.17. The highest BCUT2D eigenvalue weighted by atomic mass is 19.1. The van der Waals surface area contributed by atoms with Crippen LogP contribution in [0.25, 0.3) is 0 Å². The van der Waals surface area contributed by atoms with Crippen molar-refractivity contribution in [2.75, 3.05) is 20.5 Å². The standard InChI is InChI=1S/C11H15FO3/c1-14-8-15-7-9-2-4-10(5-3-9)11(12)6-13/h2-5,11,13H,6-8H2,1H3. The predicted octanol–water partition coefficient (Wildman–Crippen LogP) is 1.81. The Labute approximate surface area is 88.4 Å². The van der Waals surface area contributed by atoms with Crippen LogP contribution in [0.15, 0.2) is 24.3 Å². The molecule has 0 bridgehead atoms. The quantitative estimate of drug-likeness (QED) is 0.579. The Hall–Kier alpha value is -0.970. The van der Waals surface area contributed by atoms with Gasteiger partial charge >= 0.3 is 0 Å². The van der Waals surface area contributed by atoms with Crippen molar-refractivity contribution in [1.29, 1.82) is 0 Å². The van der Waals surface area contributed by atoms with E-state index in [0.29, 0.717) is 12.2 Å². The molecule has 0 aliphatic rings. The molecule has 4 heteroatoms. The first-order valence-electron chi connectivity index (χ1n) is 4.68. The normalized spacial score (nSPS) is 12.7. The zero-order chi connectivity index (χ0) is 11.1. The van der Waals surface area contributed by atoms with Crippen molar-refractivity contribution in [3.05, 3.63) is 35.4 Å². The van der Waals surface area contributed by atoms with Crippen molar-refractivity contribution < 1.29 is 19.0 Å². The Balaban J connectivity index is 2.49. The molecule has 15 heavy (non-hydrogen) atoms. The molecule has 1 unspecified atom stereocenters. The molecular formula is C11H15FO3. The second-order valence-electron chi connectivity index (χ2n) is 3.15. The molecule has 1 atom stereocenters. The van der Waals surface area contributed by atoms with Gasteiger partial charge in [0.25, 0.3) is 0 Å². The lowest BCUT2D eigenvalue weighted by Crippen LogP contribution is -1.99. The Morgan fingerprint density at radius 2 is 2.00 bits per heavy atom. The van der Waals surface area contributed by atoms with E-state index in [1.165, 1.54) is 0 Å². The topological polar surface area (TPSA) is 38.7 Å². The number of ether oxygens (including phenoxy) is 2. The van der Waals surface area contributed by atoms with Crippen LogP contribution in [0.5, 0.6) is 0 Å². The van der Waals surface area contributed by atoms with Gasteiger partial charge in [-0.2, -0.15) is 0 Å². The van der Waals surface area contributed by atoms with Gasteiger partial charge in [-0.05, 0) is 11.1 Å². The van der Waals surface area contributed by atoms with Crippen molar-refractivity contribution in [1.82, 2.24) is 0 Å². The molecule has 0 spiro atoms. The SMILES string of the molecule is COCOCc1ccc(C(F)CO)cc1. The summed E-state index contributed by atoms with van der Waals surface area (Å²) in [5.74, 6) is 0. The van der Waals surface area contributed by atoms with E-state index in [1.54, 1.807) is 31.4 Å². The third-order valence-electron chi connectivity index (χ3n) is 1.97. The summed E-state index contributed by atoms with van der Waals surface area (Å²) in [6, 6.07) is 6.83. The monoisotopic (exact) mass is 214 g/mol. The van der Waals surface area contributed by atoms with Crippen molar-refractivity contribution in [2.24, 2.45) is 0 Å². The van der Waals surface area contributed by atoms with Gasteiger partial charge in [0.1, 0.15) is 13.0 Å². The van der Waals surface area contributed by atoms with Crippen LogP contribution < -0.4 is 0 Å². The van der Waals surface area contributed by atoms with E-state index in [9.17, 15) is 4.39 Å². The van der Waals surface area contributed by atoms with E-state index in [1.807, 2.05) is 0 Å². The van der Waals surface area contributed by atoms with Crippen molar-refractivity contribution in [3.8, 4) is 0 Å². The number of benzene rings is 1. The maximum atomic E-state index is 13.0. The molecule has 0 saturated carbocycles. The van der Waals surface area contributed by atoms with Gasteiger partial charge in [0, 0.05) is 7.11 Å². The molecule has 1 aromatic rings. The summed E-state index contributed by atoms with van der Waals surface area (Å²) in [4.78, 5) is 0. The predicted molar refractivity (Wildman–Crippen MR) is 54.0 cm³/mol. The summed E-state index contributed by atoms with van der Waals surface area (Å²) in [6.07, 6.45) is -1.31. The number of hydrogen-bond acceptors (Lipinski definition) is 3. The zero-order valence-electron chi connectivity index (χ0n) is 8.65. The van der Waals surface area contributed by atoms with Gasteiger partial charge in [0.2, 0.25) is 0 Å². The molecule has 0 amide bonds. The van der Waals surface area contributed by atoms with Crippen LogP contribution in [0.1, 0.15) is 17.3 Å². The minimum absolute atomic E-state index is 0.240. The molecule has 1 rings (SSSR count). The first-order chi connectivity index (χ1) is 7.27. The smallest absolute Gasteiger partial charge is 0.148 e. The Morgan fingerprint density at radius 1 is 1.33 bits per heavy atom. The molecule has 0 aromatic heterocycles. The Kier molecular flexibility index (Phi) is 5.25. The van der Waals surface area contributed by atoms with Gasteiger partial charge in [0.05, 0.1) is 13.2 Å². The van der Waals surface area contributed by atoms with Crippen LogP contribution >= 0.6 is 0 Å². The molecule has 0 aliphatic carbocycles. The number of methoxy groups -OCH3 is 1. The van der Waals surface area contributed by atoms with E-state index in [2.05, 4.69) is 0 Å². The first-order valence-corrected chi connectivity index (χ1v) is 4.68. The number of rotatable bonds is 6. The van der Waals surface area contributed by atoms with Gasteiger partial charge < -0.3 is 14.6 Å². The van der Waals surface area contributed by atoms with E-state index >= 15 is 0 Å². The molecule has 0 aliphatic heterocycles. The van der Waals surface area contributed by atoms with E-state index in [0.717, 1.165) is 5.56 Å². The molecule has 1 aromatic carbocycles. The lowest BCUT2D eigenvalue weighted by molar-refractivity contribution is -0.0390. The average Bonchev–Trinajstić information content (AvgIpc) is 2.29. The van der Waals surface area contributed by atoms with Crippen molar-refractivity contribution >= 4 is 0 Å². The fourth-order valence-electron chi connectivity index (χ4n) is 1.17. The summed E-state index contributed by atoms with van der Waals surface area (Å²) in [7, 11) is 1.55. The zero-order valence-corrected chi connectivity index (χ0v) is 8.65. The van der Waals surface area contributed by atoms with E-state index in [4.69, 9.17) is 14.6 Å². The van der Waals surface area contributed by atoms with Crippen LogP contribution in [0.2, 0.25) is 0 Å². The number of aliphatic hydroxyl groups excluding tert-OH is 1. The average molecular weight is 214 g/mol. The highest BCUT2D eigenvalue weighted by Gasteiger charge is 2.06. The maximum absolute atomic E-state index is 13.0. The third kappa shape index (κ3) is 3.95. The van der Waals surface area contributed by atoms with Crippen LogP contribution in [0.4, 0.5) is 4.39 Å². The lowest BCUT2D eigenvalue weighted by Gasteiger charge is -2.06. The molecule has 3 nitrogen and oxygen atoms in total. The van der Waals surface area contributed by atoms with Gasteiger partial charge in [-0.1, -0.05) is 24.3 Å². The van der Waals surface area contributed by atoms with E-state index < -0.39 is 12.8 Å².